The first-order valence-electron chi connectivity index (χ1n) is 5.66. The van der Waals surface area contributed by atoms with E-state index in [2.05, 4.69) is 5.32 Å². The first-order chi connectivity index (χ1) is 7.86. The number of amides is 1. The first-order valence-corrected chi connectivity index (χ1v) is 5.66. The van der Waals surface area contributed by atoms with Crippen LogP contribution in [0.25, 0.3) is 0 Å². The van der Waals surface area contributed by atoms with Gasteiger partial charge in [-0.05, 0) is 34.1 Å². The molecule has 0 radical (unpaired) electrons. The Labute approximate surface area is 102 Å². The molecule has 0 spiro atoms. The molecule has 5 nitrogen and oxygen atoms in total. The molecular weight excluding hydrogens is 222 g/mol. The molecule has 5 heteroatoms. The van der Waals surface area contributed by atoms with E-state index in [-0.39, 0.29) is 23.2 Å². The molecule has 0 saturated heterocycles. The molecule has 0 unspecified atom stereocenters. The van der Waals surface area contributed by atoms with Crippen molar-refractivity contribution in [1.29, 1.82) is 0 Å². The SMILES string of the molecule is C/C(C(=O)O)=C(\C)C(=O)NCCCOC(C)C. The number of carboxylic acid groups (broad SMARTS) is 1. The predicted octanol–water partition coefficient (Wildman–Crippen LogP) is 1.34. The minimum Gasteiger partial charge on any atom is -0.478 e. The third-order valence-corrected chi connectivity index (χ3v) is 2.28. The number of carbonyl (C=O) groups is 2. The largest absolute Gasteiger partial charge is 0.478 e. The third kappa shape index (κ3) is 6.73. The molecule has 0 fully saturated rings. The molecule has 98 valence electrons. The number of carboxylic acids is 1. The van der Waals surface area contributed by atoms with Crippen LogP contribution in [-0.4, -0.2) is 36.2 Å². The predicted molar refractivity (Wildman–Crippen MR) is 64.7 cm³/mol. The van der Waals surface area contributed by atoms with E-state index in [0.717, 1.165) is 0 Å². The third-order valence-electron chi connectivity index (χ3n) is 2.28. The highest BCUT2D eigenvalue weighted by Crippen LogP contribution is 2.03. The Morgan fingerprint density at radius 1 is 1.24 bits per heavy atom. The van der Waals surface area contributed by atoms with Crippen molar-refractivity contribution >= 4 is 11.9 Å². The van der Waals surface area contributed by atoms with Crippen molar-refractivity contribution in [3.8, 4) is 0 Å². The van der Waals surface area contributed by atoms with Crippen LogP contribution in [0.4, 0.5) is 0 Å². The van der Waals surface area contributed by atoms with Gasteiger partial charge in [-0.2, -0.15) is 0 Å². The van der Waals surface area contributed by atoms with Gasteiger partial charge >= 0.3 is 5.97 Å². The van der Waals surface area contributed by atoms with Gasteiger partial charge in [-0.15, -0.1) is 0 Å². The van der Waals surface area contributed by atoms with Crippen LogP contribution in [0.5, 0.6) is 0 Å². The standard InChI is InChI=1S/C12H21NO4/c1-8(2)17-7-5-6-13-11(14)9(3)10(4)12(15)16/h8H,5-7H2,1-4H3,(H,13,14)(H,15,16)/b10-9-. The van der Waals surface area contributed by atoms with E-state index in [4.69, 9.17) is 9.84 Å². The van der Waals surface area contributed by atoms with Crippen LogP contribution in [0.1, 0.15) is 34.1 Å². The number of carbonyl (C=O) groups excluding carboxylic acids is 1. The fraction of sp³-hybridized carbons (Fsp3) is 0.667. The Morgan fingerprint density at radius 3 is 2.29 bits per heavy atom. The maximum atomic E-state index is 11.5. The Balaban J connectivity index is 3.95. The van der Waals surface area contributed by atoms with Gasteiger partial charge in [0, 0.05) is 24.3 Å². The summed E-state index contributed by atoms with van der Waals surface area (Å²) in [4.78, 5) is 22.2. The van der Waals surface area contributed by atoms with E-state index in [9.17, 15) is 9.59 Å². The number of ether oxygens (including phenoxy) is 1. The molecule has 0 aliphatic rings. The molecule has 0 aliphatic heterocycles. The van der Waals surface area contributed by atoms with Crippen molar-refractivity contribution < 1.29 is 19.4 Å². The lowest BCUT2D eigenvalue weighted by atomic mass is 10.1. The van der Waals surface area contributed by atoms with E-state index in [1.165, 1.54) is 13.8 Å². The van der Waals surface area contributed by atoms with Crippen LogP contribution in [0.15, 0.2) is 11.1 Å². The lowest BCUT2D eigenvalue weighted by Gasteiger charge is -2.09. The normalized spacial score (nSPS) is 12.3. The van der Waals surface area contributed by atoms with Gasteiger partial charge in [-0.1, -0.05) is 0 Å². The quantitative estimate of drug-likeness (QED) is 0.522. The van der Waals surface area contributed by atoms with E-state index in [1.54, 1.807) is 0 Å². The summed E-state index contributed by atoms with van der Waals surface area (Å²) in [5.41, 5.74) is 0.309. The van der Waals surface area contributed by atoms with Crippen molar-refractivity contribution in [1.82, 2.24) is 5.32 Å². The van der Waals surface area contributed by atoms with Gasteiger partial charge in [0.2, 0.25) is 5.91 Å². The zero-order valence-electron chi connectivity index (χ0n) is 10.9. The highest BCUT2D eigenvalue weighted by atomic mass is 16.5. The fourth-order valence-corrected chi connectivity index (χ4v) is 1.06. The zero-order valence-corrected chi connectivity index (χ0v) is 10.9. The highest BCUT2D eigenvalue weighted by Gasteiger charge is 2.11. The van der Waals surface area contributed by atoms with Gasteiger partial charge in [0.1, 0.15) is 0 Å². The smallest absolute Gasteiger partial charge is 0.331 e. The molecule has 0 bridgehead atoms. The average Bonchev–Trinajstić information content (AvgIpc) is 2.25. The maximum absolute atomic E-state index is 11.5. The van der Waals surface area contributed by atoms with E-state index < -0.39 is 5.97 Å². The Morgan fingerprint density at radius 2 is 1.82 bits per heavy atom. The van der Waals surface area contributed by atoms with Crippen molar-refractivity contribution in [2.24, 2.45) is 0 Å². The summed E-state index contributed by atoms with van der Waals surface area (Å²) in [6, 6.07) is 0. The monoisotopic (exact) mass is 243 g/mol. The summed E-state index contributed by atoms with van der Waals surface area (Å²) < 4.78 is 5.31. The van der Waals surface area contributed by atoms with Gasteiger partial charge in [0.25, 0.3) is 0 Å². The fourth-order valence-electron chi connectivity index (χ4n) is 1.06. The van der Waals surface area contributed by atoms with E-state index in [1.807, 2.05) is 13.8 Å². The number of hydrogen-bond acceptors (Lipinski definition) is 3. The lowest BCUT2D eigenvalue weighted by Crippen LogP contribution is -2.27. The minimum atomic E-state index is -1.07. The second-order valence-electron chi connectivity index (χ2n) is 4.08. The van der Waals surface area contributed by atoms with Gasteiger partial charge in [0.15, 0.2) is 0 Å². The van der Waals surface area contributed by atoms with Crippen molar-refractivity contribution in [3.05, 3.63) is 11.1 Å². The number of aliphatic carboxylic acids is 1. The average molecular weight is 243 g/mol. The van der Waals surface area contributed by atoms with Crippen LogP contribution in [0.3, 0.4) is 0 Å². The summed E-state index contributed by atoms with van der Waals surface area (Å²) in [6.45, 7) is 7.88. The van der Waals surface area contributed by atoms with Crippen LogP contribution in [-0.2, 0) is 14.3 Å². The maximum Gasteiger partial charge on any atom is 0.331 e. The van der Waals surface area contributed by atoms with Crippen molar-refractivity contribution in [2.75, 3.05) is 13.2 Å². The zero-order chi connectivity index (χ0) is 13.4. The topological polar surface area (TPSA) is 75.6 Å². The Hall–Kier alpha value is -1.36. The van der Waals surface area contributed by atoms with Gasteiger partial charge in [-0.3, -0.25) is 4.79 Å². The number of rotatable bonds is 7. The van der Waals surface area contributed by atoms with Gasteiger partial charge in [-0.25, -0.2) is 4.79 Å². The molecule has 0 heterocycles. The Kier molecular flexibility index (Phi) is 7.21. The minimum absolute atomic E-state index is 0.0703. The molecule has 17 heavy (non-hydrogen) atoms. The second kappa shape index (κ2) is 7.84. The summed E-state index contributed by atoms with van der Waals surface area (Å²) in [6.07, 6.45) is 0.894. The summed E-state index contributed by atoms with van der Waals surface area (Å²) in [5.74, 6) is -1.41. The molecule has 0 aromatic rings. The van der Waals surface area contributed by atoms with Crippen molar-refractivity contribution in [2.45, 2.75) is 40.2 Å². The first kappa shape index (κ1) is 15.6. The van der Waals surface area contributed by atoms with Crippen LogP contribution >= 0.6 is 0 Å². The molecule has 2 N–H and O–H groups in total. The molecule has 0 aliphatic carbocycles. The lowest BCUT2D eigenvalue weighted by molar-refractivity contribution is -0.133. The highest BCUT2D eigenvalue weighted by molar-refractivity contribution is 6.01. The summed E-state index contributed by atoms with van der Waals surface area (Å²) in [7, 11) is 0. The van der Waals surface area contributed by atoms with E-state index >= 15 is 0 Å². The summed E-state index contributed by atoms with van der Waals surface area (Å²) >= 11 is 0. The molecule has 0 atom stereocenters. The van der Waals surface area contributed by atoms with Crippen LogP contribution in [0.2, 0.25) is 0 Å². The number of nitrogens with one attached hydrogen (secondary N) is 1. The Bertz CT molecular complexity index is 308. The van der Waals surface area contributed by atoms with E-state index in [0.29, 0.717) is 19.6 Å². The molecule has 0 aromatic carbocycles. The summed E-state index contributed by atoms with van der Waals surface area (Å²) in [5, 5.41) is 11.4. The van der Waals surface area contributed by atoms with Crippen molar-refractivity contribution in [3.63, 3.8) is 0 Å². The van der Waals surface area contributed by atoms with Crippen LogP contribution < -0.4 is 5.32 Å². The van der Waals surface area contributed by atoms with Crippen LogP contribution in [0, 0.1) is 0 Å². The molecule has 1 amide bonds. The molecular formula is C12H21NO4. The van der Waals surface area contributed by atoms with Gasteiger partial charge < -0.3 is 15.2 Å². The molecule has 0 saturated carbocycles. The van der Waals surface area contributed by atoms with Gasteiger partial charge in [0.05, 0.1) is 6.10 Å². The molecule has 0 aromatic heterocycles. The number of hydrogen-bond donors (Lipinski definition) is 2. The molecule has 0 rings (SSSR count). The second-order valence-corrected chi connectivity index (χ2v) is 4.08.